The molecule has 9 nitrogen and oxygen atoms in total. The first-order valence-electron chi connectivity index (χ1n) is 10.9. The topological polar surface area (TPSA) is 125 Å². The van der Waals surface area contributed by atoms with E-state index in [1.807, 2.05) is 19.0 Å². The number of nitrogens with zero attached hydrogens (tertiary/aromatic N) is 1. The number of fused-ring (bicyclic) bond motifs is 3. The summed E-state index contributed by atoms with van der Waals surface area (Å²) >= 11 is 0. The van der Waals surface area contributed by atoms with Crippen molar-refractivity contribution >= 4 is 33.3 Å². The van der Waals surface area contributed by atoms with Crippen LogP contribution < -0.4 is 14.8 Å². The minimum Gasteiger partial charge on any atom is -0.492 e. The fraction of sp³-hybridized carbons (Fsp3) is 0.391. The van der Waals surface area contributed by atoms with Gasteiger partial charge in [-0.05, 0) is 69.2 Å². The monoisotopic (exact) mass is 491 g/mol. The Morgan fingerprint density at radius 1 is 1.21 bits per heavy atom. The smallest absolute Gasteiger partial charge is 0.341 e. The summed E-state index contributed by atoms with van der Waals surface area (Å²) in [6, 6.07) is 5.96. The molecule has 0 spiro atoms. The van der Waals surface area contributed by atoms with Gasteiger partial charge in [-0.2, -0.15) is 0 Å². The van der Waals surface area contributed by atoms with Gasteiger partial charge in [-0.15, -0.1) is 0 Å². The van der Waals surface area contributed by atoms with E-state index in [0.717, 1.165) is 30.2 Å². The van der Waals surface area contributed by atoms with E-state index in [2.05, 4.69) is 10.0 Å². The Balaban J connectivity index is 1.62. The summed E-state index contributed by atoms with van der Waals surface area (Å²) in [6.45, 7) is 1.04. The number of nitrogens with one attached hydrogen (secondary N) is 2. The summed E-state index contributed by atoms with van der Waals surface area (Å²) in [5.41, 5.74) is 0.0825. The number of ether oxygens (including phenoxy) is 1. The lowest BCUT2D eigenvalue weighted by molar-refractivity contribution is -0.116. The van der Waals surface area contributed by atoms with Gasteiger partial charge >= 0.3 is 5.97 Å². The predicted molar refractivity (Wildman–Crippen MR) is 123 cm³/mol. The first kappa shape index (κ1) is 24.0. The number of hydrogen-bond donors (Lipinski definition) is 3. The Morgan fingerprint density at radius 3 is 2.68 bits per heavy atom. The molecule has 0 unspecified atom stereocenters. The van der Waals surface area contributed by atoms with E-state index < -0.39 is 27.7 Å². The molecular formula is C23H26FN3O6S. The molecule has 0 saturated heterocycles. The molecule has 3 N–H and O–H groups in total. The number of carboxylic acid groups (broad SMARTS) is 1. The van der Waals surface area contributed by atoms with Crippen LogP contribution in [-0.4, -0.2) is 57.5 Å². The van der Waals surface area contributed by atoms with Gasteiger partial charge in [0.1, 0.15) is 22.0 Å². The molecule has 1 fully saturated rings. The first-order valence-corrected chi connectivity index (χ1v) is 12.3. The van der Waals surface area contributed by atoms with E-state index >= 15 is 0 Å². The van der Waals surface area contributed by atoms with Crippen LogP contribution >= 0.6 is 0 Å². The zero-order valence-electron chi connectivity index (χ0n) is 18.8. The number of carboxylic acids is 1. The van der Waals surface area contributed by atoms with Crippen LogP contribution in [0.5, 0.6) is 5.75 Å². The second-order valence-electron chi connectivity index (χ2n) is 8.83. The molecule has 1 aliphatic heterocycles. The SMILES string of the molecule is CN(C)CCCC(=O)Nc1cc(F)ccc1S(=O)(=O)Nc1ccc2c(c1C(=O)O)OC[C@@H]1C[C@H]21. The van der Waals surface area contributed by atoms with Gasteiger partial charge in [0, 0.05) is 12.3 Å². The van der Waals surface area contributed by atoms with Gasteiger partial charge in [0.2, 0.25) is 5.91 Å². The molecule has 2 aromatic carbocycles. The van der Waals surface area contributed by atoms with Crippen LogP contribution in [0.3, 0.4) is 0 Å². The molecule has 2 atom stereocenters. The second-order valence-corrected chi connectivity index (χ2v) is 10.5. The van der Waals surface area contributed by atoms with E-state index in [-0.39, 0.29) is 39.9 Å². The summed E-state index contributed by atoms with van der Waals surface area (Å²) in [7, 11) is -0.660. The second kappa shape index (κ2) is 9.22. The Morgan fingerprint density at radius 2 is 1.97 bits per heavy atom. The Bertz CT molecular complexity index is 1250. The third kappa shape index (κ3) is 5.00. The molecule has 182 valence electrons. The van der Waals surface area contributed by atoms with E-state index in [9.17, 15) is 27.5 Å². The third-order valence-electron chi connectivity index (χ3n) is 5.92. The Labute approximate surface area is 197 Å². The van der Waals surface area contributed by atoms with Gasteiger partial charge in [-0.25, -0.2) is 17.6 Å². The molecule has 1 heterocycles. The number of anilines is 2. The lowest BCUT2D eigenvalue weighted by Crippen LogP contribution is -2.21. The van der Waals surface area contributed by atoms with Gasteiger partial charge in [0.25, 0.3) is 10.0 Å². The molecule has 0 radical (unpaired) electrons. The largest absolute Gasteiger partial charge is 0.492 e. The fourth-order valence-electron chi connectivity index (χ4n) is 4.15. The van der Waals surface area contributed by atoms with Crippen LogP contribution in [0.2, 0.25) is 0 Å². The molecule has 34 heavy (non-hydrogen) atoms. The summed E-state index contributed by atoms with van der Waals surface area (Å²) in [5.74, 6) is -1.77. The van der Waals surface area contributed by atoms with E-state index in [0.29, 0.717) is 25.5 Å². The quantitative estimate of drug-likeness (QED) is 0.492. The van der Waals surface area contributed by atoms with Crippen molar-refractivity contribution in [3.63, 3.8) is 0 Å². The van der Waals surface area contributed by atoms with E-state index in [1.165, 1.54) is 6.07 Å². The lowest BCUT2D eigenvalue weighted by atomic mass is 10.0. The lowest BCUT2D eigenvalue weighted by Gasteiger charge is -2.21. The van der Waals surface area contributed by atoms with Crippen LogP contribution in [0.1, 0.15) is 41.1 Å². The number of hydrogen-bond acceptors (Lipinski definition) is 6. The number of carbonyl (C=O) groups excluding carboxylic acids is 1. The summed E-state index contributed by atoms with van der Waals surface area (Å²) < 4.78 is 48.3. The Kier molecular flexibility index (Phi) is 6.50. The van der Waals surface area contributed by atoms with Crippen LogP contribution in [0, 0.1) is 11.7 Å². The minimum atomic E-state index is -4.38. The van der Waals surface area contributed by atoms with Crippen molar-refractivity contribution in [1.29, 1.82) is 0 Å². The molecule has 0 bridgehead atoms. The number of halogens is 1. The summed E-state index contributed by atoms with van der Waals surface area (Å²) in [5, 5.41) is 12.3. The predicted octanol–water partition coefficient (Wildman–Crippen LogP) is 3.10. The average Bonchev–Trinajstić information content (AvgIpc) is 3.52. The molecule has 2 aliphatic rings. The standard InChI is InChI=1S/C23H26FN3O6S/c1-27(2)9-3-4-20(28)25-18-11-14(24)5-8-19(18)34(31,32)26-17-7-6-15-16-10-13(16)12-33-22(15)21(17)23(29)30/h5-8,11,13,16,26H,3-4,9-10,12H2,1-2H3,(H,25,28)(H,29,30)/t13-,16-/m0/s1. The third-order valence-corrected chi connectivity index (χ3v) is 7.35. The molecule has 11 heteroatoms. The summed E-state index contributed by atoms with van der Waals surface area (Å²) in [4.78, 5) is 25.9. The number of sulfonamides is 1. The van der Waals surface area contributed by atoms with Gasteiger partial charge in [0.15, 0.2) is 0 Å². The van der Waals surface area contributed by atoms with Crippen molar-refractivity contribution < 1.29 is 32.2 Å². The molecule has 2 aromatic rings. The zero-order chi connectivity index (χ0) is 24.6. The number of benzene rings is 2. The van der Waals surface area contributed by atoms with Crippen LogP contribution in [0.4, 0.5) is 15.8 Å². The van der Waals surface area contributed by atoms with Gasteiger partial charge in [-0.3, -0.25) is 9.52 Å². The average molecular weight is 492 g/mol. The van der Waals surface area contributed by atoms with Crippen LogP contribution in [0.15, 0.2) is 35.2 Å². The van der Waals surface area contributed by atoms with Gasteiger partial charge in [0.05, 0.1) is 18.0 Å². The molecule has 1 amide bonds. The summed E-state index contributed by atoms with van der Waals surface area (Å²) in [6.07, 6.45) is 1.56. The maximum absolute atomic E-state index is 13.9. The highest BCUT2D eigenvalue weighted by Crippen LogP contribution is 2.55. The van der Waals surface area contributed by atoms with Crippen molar-refractivity contribution in [1.82, 2.24) is 4.90 Å². The zero-order valence-corrected chi connectivity index (χ0v) is 19.6. The molecule has 1 saturated carbocycles. The highest BCUT2D eigenvalue weighted by molar-refractivity contribution is 7.92. The van der Waals surface area contributed by atoms with Crippen molar-refractivity contribution in [2.24, 2.45) is 5.92 Å². The van der Waals surface area contributed by atoms with Crippen LogP contribution in [0.25, 0.3) is 0 Å². The van der Waals surface area contributed by atoms with Crippen molar-refractivity contribution in [2.75, 3.05) is 37.3 Å². The van der Waals surface area contributed by atoms with Gasteiger partial charge < -0.3 is 20.1 Å². The molecule has 0 aromatic heterocycles. The number of carbonyl (C=O) groups is 2. The van der Waals surface area contributed by atoms with Crippen molar-refractivity contribution in [2.45, 2.75) is 30.1 Å². The molecule has 1 aliphatic carbocycles. The highest BCUT2D eigenvalue weighted by Gasteiger charge is 2.45. The van der Waals surface area contributed by atoms with E-state index in [1.54, 1.807) is 6.07 Å². The normalized spacial score (nSPS) is 18.5. The first-order chi connectivity index (χ1) is 16.1. The fourth-order valence-corrected chi connectivity index (χ4v) is 5.37. The highest BCUT2D eigenvalue weighted by atomic mass is 32.2. The molecule has 4 rings (SSSR count). The number of aromatic carboxylic acids is 1. The van der Waals surface area contributed by atoms with Crippen LogP contribution in [-0.2, 0) is 14.8 Å². The van der Waals surface area contributed by atoms with E-state index in [4.69, 9.17) is 4.74 Å². The van der Waals surface area contributed by atoms with Crippen molar-refractivity contribution in [3.05, 3.63) is 47.3 Å². The maximum atomic E-state index is 13.9. The van der Waals surface area contributed by atoms with Crippen molar-refractivity contribution in [3.8, 4) is 5.75 Å². The Hall–Kier alpha value is -3.18. The molecular weight excluding hydrogens is 465 g/mol. The minimum absolute atomic E-state index is 0.120. The number of rotatable bonds is 9. The maximum Gasteiger partial charge on any atom is 0.341 e. The van der Waals surface area contributed by atoms with Gasteiger partial charge in [-0.1, -0.05) is 6.07 Å². The number of amides is 1.